The fourth-order valence-corrected chi connectivity index (χ4v) is 1.31. The van der Waals surface area contributed by atoms with Gasteiger partial charge in [0, 0.05) is 10.9 Å². The zero-order valence-corrected chi connectivity index (χ0v) is 8.45. The van der Waals surface area contributed by atoms with Gasteiger partial charge in [-0.25, -0.2) is 4.79 Å². The van der Waals surface area contributed by atoms with Crippen LogP contribution in [-0.2, 0) is 4.79 Å². The lowest BCUT2D eigenvalue weighted by Gasteiger charge is -1.96. The Morgan fingerprint density at radius 3 is 2.92 bits per heavy atom. The van der Waals surface area contributed by atoms with Crippen LogP contribution in [0.5, 0.6) is 0 Å². The molecule has 0 aliphatic carbocycles. The molecule has 70 valence electrons. The first-order chi connectivity index (χ1) is 6.24. The number of rotatable bonds is 4. The molecule has 0 bridgehead atoms. The third-order valence-electron chi connectivity index (χ3n) is 1.50. The van der Waals surface area contributed by atoms with Crippen LogP contribution < -0.4 is 0 Å². The Hall–Kier alpha value is -1.03. The molecule has 0 saturated carbocycles. The Morgan fingerprint density at radius 2 is 2.46 bits per heavy atom. The van der Waals surface area contributed by atoms with Gasteiger partial charge in [0.05, 0.1) is 6.26 Å². The Kier molecular flexibility index (Phi) is 3.76. The fraction of sp³-hybridized carbons (Fsp3) is 0.222. The molecule has 13 heavy (non-hydrogen) atoms. The second kappa shape index (κ2) is 4.87. The molecule has 1 N–H and O–H groups in total. The van der Waals surface area contributed by atoms with Gasteiger partial charge in [-0.15, -0.1) is 0 Å². The number of hydrogen-bond donors (Lipinski definition) is 1. The molecular weight excluding hydrogens is 236 g/mol. The largest absolute Gasteiger partial charge is 0.478 e. The molecule has 0 aliphatic heterocycles. The van der Waals surface area contributed by atoms with E-state index in [0.717, 1.165) is 0 Å². The van der Waals surface area contributed by atoms with Gasteiger partial charge >= 0.3 is 5.97 Å². The first kappa shape index (κ1) is 10.1. The number of alkyl halides is 1. The number of furan rings is 1. The fourth-order valence-electron chi connectivity index (χ4n) is 0.888. The predicted octanol–water partition coefficient (Wildman–Crippen LogP) is 2.53. The van der Waals surface area contributed by atoms with Gasteiger partial charge in [0.2, 0.25) is 0 Å². The van der Waals surface area contributed by atoms with Crippen molar-refractivity contribution in [3.8, 4) is 0 Å². The molecule has 1 aromatic heterocycles. The Labute approximate surface area is 84.2 Å². The van der Waals surface area contributed by atoms with Crippen molar-refractivity contribution >= 4 is 28.0 Å². The zero-order chi connectivity index (χ0) is 9.68. The Morgan fingerprint density at radius 1 is 1.69 bits per heavy atom. The summed E-state index contributed by atoms with van der Waals surface area (Å²) < 4.78 is 5.01. The smallest absolute Gasteiger partial charge is 0.331 e. The summed E-state index contributed by atoms with van der Waals surface area (Å²) in [5.41, 5.74) is 0.340. The maximum atomic E-state index is 10.7. The first-order valence-corrected chi connectivity index (χ1v) is 4.89. The van der Waals surface area contributed by atoms with E-state index in [0.29, 0.717) is 23.1 Å². The van der Waals surface area contributed by atoms with Gasteiger partial charge in [0.25, 0.3) is 0 Å². The van der Waals surface area contributed by atoms with E-state index in [1.165, 1.54) is 12.3 Å². The van der Waals surface area contributed by atoms with Crippen LogP contribution in [0.15, 0.2) is 28.4 Å². The highest BCUT2D eigenvalue weighted by Gasteiger charge is 2.06. The minimum absolute atomic E-state index is 0.340. The number of carbonyl (C=O) groups is 1. The summed E-state index contributed by atoms with van der Waals surface area (Å²) >= 11 is 3.19. The molecular formula is C9H9BrO3. The van der Waals surface area contributed by atoms with Crippen molar-refractivity contribution in [3.05, 3.63) is 29.7 Å². The minimum Gasteiger partial charge on any atom is -0.478 e. The summed E-state index contributed by atoms with van der Waals surface area (Å²) in [4.78, 5) is 10.7. The maximum absolute atomic E-state index is 10.7. The summed E-state index contributed by atoms with van der Waals surface area (Å²) in [7, 11) is 0. The maximum Gasteiger partial charge on any atom is 0.331 e. The van der Waals surface area contributed by atoms with E-state index in [4.69, 9.17) is 9.52 Å². The van der Waals surface area contributed by atoms with Gasteiger partial charge < -0.3 is 9.52 Å². The number of hydrogen-bond acceptors (Lipinski definition) is 2. The van der Waals surface area contributed by atoms with E-state index in [1.54, 1.807) is 12.1 Å². The first-order valence-electron chi connectivity index (χ1n) is 3.77. The van der Waals surface area contributed by atoms with Gasteiger partial charge in [-0.1, -0.05) is 15.9 Å². The van der Waals surface area contributed by atoms with Gasteiger partial charge in [-0.3, -0.25) is 0 Å². The Bertz CT molecular complexity index is 301. The van der Waals surface area contributed by atoms with E-state index in [2.05, 4.69) is 15.9 Å². The van der Waals surface area contributed by atoms with E-state index >= 15 is 0 Å². The highest BCUT2D eigenvalue weighted by atomic mass is 79.9. The third-order valence-corrected chi connectivity index (χ3v) is 1.89. The van der Waals surface area contributed by atoms with Gasteiger partial charge in [0.15, 0.2) is 0 Å². The van der Waals surface area contributed by atoms with Crippen molar-refractivity contribution in [1.29, 1.82) is 0 Å². The molecule has 1 rings (SSSR count). The molecule has 1 aromatic rings. The van der Waals surface area contributed by atoms with Gasteiger partial charge in [-0.05, 0) is 24.6 Å². The molecule has 0 radical (unpaired) electrons. The third kappa shape index (κ3) is 3.06. The number of halogens is 1. The average molecular weight is 245 g/mol. The molecule has 1 heterocycles. The highest BCUT2D eigenvalue weighted by molar-refractivity contribution is 9.09. The van der Waals surface area contributed by atoms with E-state index in [9.17, 15) is 4.79 Å². The molecule has 0 aliphatic rings. The Balaban J connectivity index is 2.80. The van der Waals surface area contributed by atoms with Crippen LogP contribution in [0.1, 0.15) is 12.2 Å². The summed E-state index contributed by atoms with van der Waals surface area (Å²) in [6, 6.07) is 3.44. The standard InChI is InChI=1S/C9H9BrO3/c10-4-3-7(9(11)12)6-8-2-1-5-13-8/h1-2,5-6H,3-4H2,(H,11,12)/b7-6-. The van der Waals surface area contributed by atoms with Crippen LogP contribution in [0, 0.1) is 0 Å². The lowest BCUT2D eigenvalue weighted by atomic mass is 10.2. The van der Waals surface area contributed by atoms with Crippen molar-refractivity contribution in [1.82, 2.24) is 0 Å². The molecule has 0 saturated heterocycles. The quantitative estimate of drug-likeness (QED) is 0.655. The monoisotopic (exact) mass is 244 g/mol. The van der Waals surface area contributed by atoms with Crippen LogP contribution in [-0.4, -0.2) is 16.4 Å². The number of aliphatic carboxylic acids is 1. The predicted molar refractivity (Wildman–Crippen MR) is 52.7 cm³/mol. The van der Waals surface area contributed by atoms with Gasteiger partial charge in [0.1, 0.15) is 5.76 Å². The average Bonchev–Trinajstić information content (AvgIpc) is 2.56. The van der Waals surface area contributed by atoms with Crippen molar-refractivity contribution < 1.29 is 14.3 Å². The molecule has 0 atom stereocenters. The summed E-state index contributed by atoms with van der Waals surface area (Å²) in [5.74, 6) is -0.339. The minimum atomic E-state index is -0.907. The molecule has 0 unspecified atom stereocenters. The number of carboxylic acid groups (broad SMARTS) is 1. The van der Waals surface area contributed by atoms with Crippen LogP contribution in [0.25, 0.3) is 6.08 Å². The number of carboxylic acids is 1. The van der Waals surface area contributed by atoms with Crippen molar-refractivity contribution in [2.24, 2.45) is 0 Å². The van der Waals surface area contributed by atoms with E-state index in [1.807, 2.05) is 0 Å². The van der Waals surface area contributed by atoms with Crippen molar-refractivity contribution in [2.75, 3.05) is 5.33 Å². The SMILES string of the molecule is O=C(O)/C(=C\c1ccco1)CCBr. The van der Waals surface area contributed by atoms with Crippen molar-refractivity contribution in [3.63, 3.8) is 0 Å². The van der Waals surface area contributed by atoms with E-state index in [-0.39, 0.29) is 0 Å². The lowest BCUT2D eigenvalue weighted by Crippen LogP contribution is -2.00. The second-order valence-corrected chi connectivity index (χ2v) is 3.22. The summed E-state index contributed by atoms with van der Waals surface area (Å²) in [6.07, 6.45) is 3.53. The highest BCUT2D eigenvalue weighted by Crippen LogP contribution is 2.11. The van der Waals surface area contributed by atoms with Crippen LogP contribution in [0.2, 0.25) is 0 Å². The van der Waals surface area contributed by atoms with Gasteiger partial charge in [-0.2, -0.15) is 0 Å². The normalized spacial score (nSPS) is 11.6. The van der Waals surface area contributed by atoms with E-state index < -0.39 is 5.97 Å². The summed E-state index contributed by atoms with van der Waals surface area (Å²) in [6.45, 7) is 0. The summed E-state index contributed by atoms with van der Waals surface area (Å²) in [5, 5.41) is 9.40. The van der Waals surface area contributed by atoms with Crippen LogP contribution in [0.4, 0.5) is 0 Å². The topological polar surface area (TPSA) is 50.4 Å². The van der Waals surface area contributed by atoms with Crippen molar-refractivity contribution in [2.45, 2.75) is 6.42 Å². The molecule has 0 amide bonds. The van der Waals surface area contributed by atoms with Crippen LogP contribution >= 0.6 is 15.9 Å². The lowest BCUT2D eigenvalue weighted by molar-refractivity contribution is -0.132. The molecule has 0 spiro atoms. The van der Waals surface area contributed by atoms with Crippen LogP contribution in [0.3, 0.4) is 0 Å². The molecule has 4 heteroatoms. The second-order valence-electron chi connectivity index (χ2n) is 2.43. The molecule has 0 aromatic carbocycles. The zero-order valence-electron chi connectivity index (χ0n) is 6.87. The molecule has 0 fully saturated rings. The molecule has 3 nitrogen and oxygen atoms in total.